The molecule has 42 heavy (non-hydrogen) atoms. The molecule has 228 valence electrons. The summed E-state index contributed by atoms with van der Waals surface area (Å²) in [6.45, 7) is 2.54. The van der Waals surface area contributed by atoms with Gasteiger partial charge in [0.05, 0.1) is 31.5 Å². The minimum atomic E-state index is -0.822. The van der Waals surface area contributed by atoms with Gasteiger partial charge in [0.2, 0.25) is 0 Å². The standard InChI is InChI=1S/C32H40IO9/c1-21-2-6-24(7-3-21)33-25-8-10-26(11-9-25)39-19-32(36)42-28-12-4-22(14-27(28)34)17-40-31(35)18-38-20-37-16-23-5-13-29-30(15-23)41-29/h2-3,6-11,22-23,27-30,34H,4-5,12-20H2,1H3/q+1. The van der Waals surface area contributed by atoms with Gasteiger partial charge in [0.1, 0.15) is 25.3 Å². The predicted octanol–water partition coefficient (Wildman–Crippen LogP) is 0.676. The fraction of sp³-hybridized carbons (Fsp3) is 0.562. The van der Waals surface area contributed by atoms with Crippen LogP contribution in [0.3, 0.4) is 0 Å². The van der Waals surface area contributed by atoms with Crippen LogP contribution in [-0.2, 0) is 33.3 Å². The highest BCUT2D eigenvalue weighted by Gasteiger charge is 2.43. The first kappa shape index (κ1) is 31.2. The SMILES string of the molecule is Cc1ccc([I+]c2ccc(OCC(=O)OC3CCC(COC(=O)COCOCC4CCC5OC5C4)CC3O)cc2)cc1. The molecule has 5 rings (SSSR count). The monoisotopic (exact) mass is 695 g/mol. The fourth-order valence-corrected chi connectivity index (χ4v) is 7.60. The number of aliphatic hydroxyl groups excluding tert-OH is 1. The van der Waals surface area contributed by atoms with Crippen LogP contribution in [0.2, 0.25) is 0 Å². The molecular formula is C32H40IO9+. The van der Waals surface area contributed by atoms with E-state index in [1.54, 1.807) is 0 Å². The Labute approximate surface area is 257 Å². The maximum Gasteiger partial charge on any atom is 0.357 e. The summed E-state index contributed by atoms with van der Waals surface area (Å²) in [4.78, 5) is 24.4. The van der Waals surface area contributed by atoms with Crippen molar-refractivity contribution >= 4 is 11.9 Å². The summed E-state index contributed by atoms with van der Waals surface area (Å²) in [6.07, 6.45) is 4.27. The van der Waals surface area contributed by atoms with E-state index in [0.717, 1.165) is 19.3 Å². The molecule has 2 aromatic carbocycles. The first-order valence-corrected chi connectivity index (χ1v) is 16.9. The summed E-state index contributed by atoms with van der Waals surface area (Å²) in [6, 6.07) is 16.4. The lowest BCUT2D eigenvalue weighted by Gasteiger charge is -2.32. The number of rotatable bonds is 14. The topological polar surface area (TPSA) is 113 Å². The number of aryl methyl sites for hydroxylation is 1. The van der Waals surface area contributed by atoms with E-state index in [1.807, 2.05) is 24.3 Å². The summed E-state index contributed by atoms with van der Waals surface area (Å²) in [7, 11) is 0. The van der Waals surface area contributed by atoms with E-state index < -0.39 is 24.1 Å². The molecule has 1 aliphatic heterocycles. The van der Waals surface area contributed by atoms with Crippen molar-refractivity contribution < 1.29 is 64.3 Å². The number of ether oxygens (including phenoxy) is 6. The van der Waals surface area contributed by atoms with Crippen molar-refractivity contribution in [1.29, 1.82) is 0 Å². The molecule has 1 heterocycles. The zero-order valence-electron chi connectivity index (χ0n) is 24.0. The van der Waals surface area contributed by atoms with E-state index in [-0.39, 0.29) is 53.7 Å². The zero-order chi connectivity index (χ0) is 29.3. The largest absolute Gasteiger partial charge is 0.482 e. The van der Waals surface area contributed by atoms with E-state index in [2.05, 4.69) is 31.2 Å². The fourth-order valence-electron chi connectivity index (χ4n) is 5.44. The van der Waals surface area contributed by atoms with Crippen LogP contribution in [0.4, 0.5) is 0 Å². The summed E-state index contributed by atoms with van der Waals surface area (Å²) in [5.41, 5.74) is 1.25. The highest BCUT2D eigenvalue weighted by atomic mass is 127. The second-order valence-electron chi connectivity index (χ2n) is 11.3. The Bertz CT molecular complexity index is 1160. The van der Waals surface area contributed by atoms with E-state index >= 15 is 0 Å². The van der Waals surface area contributed by atoms with Crippen LogP contribution in [0, 0.1) is 25.9 Å². The van der Waals surface area contributed by atoms with Crippen molar-refractivity contribution in [3.63, 3.8) is 0 Å². The molecule has 2 aromatic rings. The molecule has 0 amide bonds. The van der Waals surface area contributed by atoms with Crippen LogP contribution in [0.5, 0.6) is 5.75 Å². The van der Waals surface area contributed by atoms with Crippen molar-refractivity contribution in [2.45, 2.75) is 69.9 Å². The van der Waals surface area contributed by atoms with Crippen molar-refractivity contribution in [3.05, 3.63) is 61.2 Å². The van der Waals surface area contributed by atoms with Gasteiger partial charge in [-0.2, -0.15) is 0 Å². The molecule has 0 radical (unpaired) electrons. The number of carbonyl (C=O) groups is 2. The lowest BCUT2D eigenvalue weighted by molar-refractivity contribution is -0.597. The maximum absolute atomic E-state index is 12.4. The smallest absolute Gasteiger partial charge is 0.357 e. The number of epoxide rings is 1. The molecule has 9 nitrogen and oxygen atoms in total. The highest BCUT2D eigenvalue weighted by molar-refractivity contribution is 5.71. The number of carbonyl (C=O) groups excluding carboxylic acids is 2. The Morgan fingerprint density at radius 3 is 2.29 bits per heavy atom. The number of benzene rings is 2. The molecule has 1 N–H and O–H groups in total. The number of hydrogen-bond donors (Lipinski definition) is 1. The van der Waals surface area contributed by atoms with Crippen LogP contribution in [-0.4, -0.2) is 74.7 Å². The Balaban J connectivity index is 0.908. The van der Waals surface area contributed by atoms with Crippen LogP contribution in [0.25, 0.3) is 0 Å². The van der Waals surface area contributed by atoms with Gasteiger partial charge in [0.15, 0.2) is 13.7 Å². The highest BCUT2D eigenvalue weighted by Crippen LogP contribution is 2.39. The third kappa shape index (κ3) is 9.90. The van der Waals surface area contributed by atoms with Gasteiger partial charge in [-0.1, -0.05) is 17.7 Å². The molecule has 3 fully saturated rings. The van der Waals surface area contributed by atoms with Crippen LogP contribution >= 0.6 is 0 Å². The Kier molecular flexibility index (Phi) is 11.5. The normalized spacial score (nSPS) is 26.6. The summed E-state index contributed by atoms with van der Waals surface area (Å²) < 4.78 is 35.4. The van der Waals surface area contributed by atoms with E-state index in [9.17, 15) is 14.7 Å². The van der Waals surface area contributed by atoms with Crippen LogP contribution in [0.15, 0.2) is 48.5 Å². The number of esters is 2. The predicted molar refractivity (Wildman–Crippen MR) is 147 cm³/mol. The first-order valence-electron chi connectivity index (χ1n) is 14.7. The molecule has 2 saturated carbocycles. The molecule has 3 aliphatic rings. The average Bonchev–Trinajstić information content (AvgIpc) is 3.77. The van der Waals surface area contributed by atoms with Crippen molar-refractivity contribution in [2.75, 3.05) is 33.2 Å². The van der Waals surface area contributed by atoms with Gasteiger partial charge in [-0.05, 0) is 93.7 Å². The van der Waals surface area contributed by atoms with Gasteiger partial charge in [0, 0.05) is 0 Å². The van der Waals surface area contributed by atoms with Gasteiger partial charge in [-0.3, -0.25) is 0 Å². The van der Waals surface area contributed by atoms with Gasteiger partial charge < -0.3 is 33.5 Å². The molecule has 10 heteroatoms. The third-order valence-corrected chi connectivity index (χ3v) is 10.6. The van der Waals surface area contributed by atoms with Gasteiger partial charge in [0.25, 0.3) is 0 Å². The number of fused-ring (bicyclic) bond motifs is 1. The van der Waals surface area contributed by atoms with E-state index in [1.165, 1.54) is 12.7 Å². The summed E-state index contributed by atoms with van der Waals surface area (Å²) in [5.74, 6) is 0.0999. The number of halogens is 1. The zero-order valence-corrected chi connectivity index (χ0v) is 26.1. The third-order valence-electron chi connectivity index (χ3n) is 7.88. The minimum absolute atomic E-state index is 0.00703. The van der Waals surface area contributed by atoms with Crippen molar-refractivity contribution in [3.8, 4) is 5.75 Å². The summed E-state index contributed by atoms with van der Waals surface area (Å²) in [5, 5.41) is 10.5. The molecule has 0 spiro atoms. The Morgan fingerprint density at radius 1 is 0.833 bits per heavy atom. The average molecular weight is 696 g/mol. The Morgan fingerprint density at radius 2 is 1.55 bits per heavy atom. The second-order valence-corrected chi connectivity index (χ2v) is 14.4. The van der Waals surface area contributed by atoms with Gasteiger partial charge in [-0.15, -0.1) is 0 Å². The molecule has 0 aromatic heterocycles. The van der Waals surface area contributed by atoms with Gasteiger partial charge >= 0.3 is 33.1 Å². The van der Waals surface area contributed by atoms with E-state index in [0.29, 0.717) is 49.7 Å². The van der Waals surface area contributed by atoms with Crippen molar-refractivity contribution in [2.24, 2.45) is 11.8 Å². The maximum atomic E-state index is 12.4. The number of hydrogen-bond acceptors (Lipinski definition) is 9. The second kappa shape index (κ2) is 15.5. The lowest BCUT2D eigenvalue weighted by atomic mass is 9.86. The Hall–Kier alpha value is -2.25. The lowest BCUT2D eigenvalue weighted by Crippen LogP contribution is -3.61. The van der Waals surface area contributed by atoms with Gasteiger partial charge in [-0.25, -0.2) is 9.59 Å². The quantitative estimate of drug-likeness (QED) is 0.100. The van der Waals surface area contributed by atoms with Crippen LogP contribution in [0.1, 0.15) is 44.1 Å². The van der Waals surface area contributed by atoms with Crippen LogP contribution < -0.4 is 25.9 Å². The first-order chi connectivity index (χ1) is 20.4. The summed E-state index contributed by atoms with van der Waals surface area (Å²) >= 11 is -0.272. The number of aliphatic hydroxyl groups is 1. The molecule has 6 unspecified atom stereocenters. The van der Waals surface area contributed by atoms with E-state index in [4.69, 9.17) is 28.4 Å². The van der Waals surface area contributed by atoms with Crippen molar-refractivity contribution in [1.82, 2.24) is 0 Å². The molecule has 0 bridgehead atoms. The minimum Gasteiger partial charge on any atom is -0.482 e. The molecule has 6 atom stereocenters. The molecule has 2 aliphatic carbocycles. The molecule has 1 saturated heterocycles. The molecular weight excluding hydrogens is 655 g/mol.